The molecule has 0 aromatic heterocycles. The Morgan fingerprint density at radius 2 is 1.35 bits per heavy atom. The van der Waals surface area contributed by atoms with E-state index < -0.39 is 0 Å². The molecule has 2 amide bonds. The molecule has 0 aliphatic rings. The maximum atomic E-state index is 12.0. The van der Waals surface area contributed by atoms with E-state index in [9.17, 15) is 9.59 Å². The highest BCUT2D eigenvalue weighted by Crippen LogP contribution is 2.22. The lowest BCUT2D eigenvalue weighted by atomic mass is 10.1. The van der Waals surface area contributed by atoms with Crippen molar-refractivity contribution >= 4 is 52.1 Å². The molecule has 0 unspecified atom stereocenters. The van der Waals surface area contributed by atoms with Crippen molar-refractivity contribution in [1.29, 1.82) is 0 Å². The van der Waals surface area contributed by atoms with Crippen LogP contribution in [-0.4, -0.2) is 18.4 Å². The first-order valence-corrected chi connectivity index (χ1v) is 8.97. The third-order valence-corrected chi connectivity index (χ3v) is 3.80. The lowest BCUT2D eigenvalue weighted by Crippen LogP contribution is -2.21. The van der Waals surface area contributed by atoms with Gasteiger partial charge in [-0.25, -0.2) is 0 Å². The highest BCUT2D eigenvalue weighted by Gasteiger charge is 2.07. The minimum Gasteiger partial charge on any atom is -0.376 e. The molecule has 7 heteroatoms. The van der Waals surface area contributed by atoms with Crippen LogP contribution in [0.3, 0.4) is 0 Å². The average Bonchev–Trinajstić information content (AvgIpc) is 2.53. The van der Waals surface area contributed by atoms with Gasteiger partial charge in [-0.2, -0.15) is 0 Å². The Kier molecular flexibility index (Phi) is 7.30. The molecular weight excluding hydrogens is 373 g/mol. The summed E-state index contributed by atoms with van der Waals surface area (Å²) in [6.45, 7) is 4.05. The van der Waals surface area contributed by atoms with Gasteiger partial charge >= 0.3 is 0 Å². The van der Waals surface area contributed by atoms with Crippen molar-refractivity contribution in [3.8, 4) is 0 Å². The van der Waals surface area contributed by atoms with Crippen molar-refractivity contribution in [2.45, 2.75) is 20.3 Å². The molecule has 2 aromatic rings. The molecule has 138 valence electrons. The van der Waals surface area contributed by atoms with E-state index in [1.54, 1.807) is 42.5 Å². The molecule has 0 aliphatic heterocycles. The van der Waals surface area contributed by atoms with Crippen LogP contribution >= 0.6 is 23.2 Å². The van der Waals surface area contributed by atoms with Gasteiger partial charge in [0.15, 0.2) is 0 Å². The highest BCUT2D eigenvalue weighted by molar-refractivity contribution is 6.35. The Hall–Kier alpha value is -2.24. The zero-order valence-corrected chi connectivity index (χ0v) is 16.1. The molecule has 0 aliphatic carbocycles. The topological polar surface area (TPSA) is 70.2 Å². The Balaban J connectivity index is 1.84. The van der Waals surface area contributed by atoms with Crippen molar-refractivity contribution in [3.05, 3.63) is 52.5 Å². The Bertz CT molecular complexity index is 757. The number of hydrogen-bond donors (Lipinski definition) is 3. The van der Waals surface area contributed by atoms with Gasteiger partial charge in [-0.05, 0) is 48.4 Å². The molecule has 0 spiro atoms. The van der Waals surface area contributed by atoms with Crippen molar-refractivity contribution in [2.24, 2.45) is 5.92 Å². The van der Waals surface area contributed by atoms with Crippen molar-refractivity contribution in [3.63, 3.8) is 0 Å². The van der Waals surface area contributed by atoms with Crippen molar-refractivity contribution in [2.75, 3.05) is 22.5 Å². The van der Waals surface area contributed by atoms with Crippen LogP contribution in [0.2, 0.25) is 10.0 Å². The molecule has 0 saturated heterocycles. The standard InChI is InChI=1S/C19H21Cl2N3O2/c1-12(2)7-18(25)23-15-3-5-16(6-4-15)24-19(26)11-22-17-9-13(20)8-14(21)10-17/h3-6,8-10,12,22H,7,11H2,1-2H3,(H,23,25)(H,24,26). The maximum Gasteiger partial charge on any atom is 0.243 e. The van der Waals surface area contributed by atoms with Crippen LogP contribution < -0.4 is 16.0 Å². The fraction of sp³-hybridized carbons (Fsp3) is 0.263. The van der Waals surface area contributed by atoms with Crippen LogP contribution in [0, 0.1) is 5.92 Å². The molecule has 0 heterocycles. The van der Waals surface area contributed by atoms with Gasteiger partial charge in [0, 0.05) is 33.5 Å². The number of hydrogen-bond acceptors (Lipinski definition) is 3. The second-order valence-electron chi connectivity index (χ2n) is 6.28. The summed E-state index contributed by atoms with van der Waals surface area (Å²) < 4.78 is 0. The fourth-order valence-electron chi connectivity index (χ4n) is 2.26. The first-order chi connectivity index (χ1) is 12.3. The molecule has 3 N–H and O–H groups in total. The number of benzene rings is 2. The summed E-state index contributed by atoms with van der Waals surface area (Å²) in [5.41, 5.74) is 2.00. The van der Waals surface area contributed by atoms with E-state index in [0.29, 0.717) is 39.4 Å². The van der Waals surface area contributed by atoms with Crippen LogP contribution in [0.4, 0.5) is 17.1 Å². The zero-order valence-electron chi connectivity index (χ0n) is 14.6. The van der Waals surface area contributed by atoms with Crippen LogP contribution in [-0.2, 0) is 9.59 Å². The maximum absolute atomic E-state index is 12.0. The van der Waals surface area contributed by atoms with E-state index in [0.717, 1.165) is 0 Å². The van der Waals surface area contributed by atoms with Crippen molar-refractivity contribution < 1.29 is 9.59 Å². The van der Waals surface area contributed by atoms with Gasteiger partial charge in [-0.15, -0.1) is 0 Å². The lowest BCUT2D eigenvalue weighted by molar-refractivity contribution is -0.117. The van der Waals surface area contributed by atoms with E-state index in [4.69, 9.17) is 23.2 Å². The third kappa shape index (κ3) is 6.94. The van der Waals surface area contributed by atoms with Crippen LogP contribution in [0.5, 0.6) is 0 Å². The molecule has 0 fully saturated rings. The van der Waals surface area contributed by atoms with E-state index in [-0.39, 0.29) is 18.4 Å². The smallest absolute Gasteiger partial charge is 0.243 e. The summed E-state index contributed by atoms with van der Waals surface area (Å²) in [6.07, 6.45) is 0.470. The monoisotopic (exact) mass is 393 g/mol. The first kappa shape index (κ1) is 20.1. The number of amides is 2. The highest BCUT2D eigenvalue weighted by atomic mass is 35.5. The number of halogens is 2. The number of carbonyl (C=O) groups is 2. The minimum absolute atomic E-state index is 0.0267. The minimum atomic E-state index is -0.210. The zero-order chi connectivity index (χ0) is 19.1. The number of carbonyl (C=O) groups excluding carboxylic acids is 2. The van der Waals surface area contributed by atoms with Gasteiger partial charge < -0.3 is 16.0 Å². The summed E-state index contributed by atoms with van der Waals surface area (Å²) >= 11 is 11.8. The van der Waals surface area contributed by atoms with E-state index in [1.165, 1.54) is 0 Å². The SMILES string of the molecule is CC(C)CC(=O)Nc1ccc(NC(=O)CNc2cc(Cl)cc(Cl)c2)cc1. The van der Waals surface area contributed by atoms with Gasteiger partial charge in [0.25, 0.3) is 0 Å². The summed E-state index contributed by atoms with van der Waals surface area (Å²) in [5.74, 6) is 0.0642. The van der Waals surface area contributed by atoms with Crippen LogP contribution in [0.15, 0.2) is 42.5 Å². The predicted octanol–water partition coefficient (Wildman–Crippen LogP) is 5.03. The third-order valence-electron chi connectivity index (χ3n) is 3.36. The average molecular weight is 394 g/mol. The molecule has 0 radical (unpaired) electrons. The molecule has 2 aromatic carbocycles. The van der Waals surface area contributed by atoms with E-state index in [2.05, 4.69) is 16.0 Å². The first-order valence-electron chi connectivity index (χ1n) is 8.21. The Labute approximate surface area is 163 Å². The number of anilines is 3. The number of rotatable bonds is 7. The van der Waals surface area contributed by atoms with E-state index in [1.807, 2.05) is 13.8 Å². The lowest BCUT2D eigenvalue weighted by Gasteiger charge is -2.10. The van der Waals surface area contributed by atoms with Gasteiger partial charge in [0.05, 0.1) is 6.54 Å². The Morgan fingerprint density at radius 1 is 0.846 bits per heavy atom. The molecular formula is C19H21Cl2N3O2. The second kappa shape index (κ2) is 9.46. The molecule has 26 heavy (non-hydrogen) atoms. The van der Waals surface area contributed by atoms with Crippen LogP contribution in [0.1, 0.15) is 20.3 Å². The molecule has 0 bridgehead atoms. The molecule has 0 saturated carbocycles. The predicted molar refractivity (Wildman–Crippen MR) is 108 cm³/mol. The van der Waals surface area contributed by atoms with Gasteiger partial charge in [-0.3, -0.25) is 9.59 Å². The van der Waals surface area contributed by atoms with Gasteiger partial charge in [-0.1, -0.05) is 37.0 Å². The second-order valence-corrected chi connectivity index (χ2v) is 7.16. The van der Waals surface area contributed by atoms with Crippen LogP contribution in [0.25, 0.3) is 0 Å². The fourth-order valence-corrected chi connectivity index (χ4v) is 2.79. The molecule has 0 atom stereocenters. The van der Waals surface area contributed by atoms with Gasteiger partial charge in [0.2, 0.25) is 11.8 Å². The quantitative estimate of drug-likeness (QED) is 0.617. The molecule has 5 nitrogen and oxygen atoms in total. The van der Waals surface area contributed by atoms with Gasteiger partial charge in [0.1, 0.15) is 0 Å². The summed E-state index contributed by atoms with van der Waals surface area (Å²) in [7, 11) is 0. The Morgan fingerprint density at radius 3 is 1.85 bits per heavy atom. The summed E-state index contributed by atoms with van der Waals surface area (Å²) in [4.78, 5) is 23.8. The van der Waals surface area contributed by atoms with E-state index >= 15 is 0 Å². The normalized spacial score (nSPS) is 10.5. The summed E-state index contributed by atoms with van der Waals surface area (Å²) in [6, 6.07) is 12.0. The largest absolute Gasteiger partial charge is 0.376 e. The molecule has 2 rings (SSSR count). The van der Waals surface area contributed by atoms with Crippen molar-refractivity contribution in [1.82, 2.24) is 0 Å². The number of nitrogens with one attached hydrogen (secondary N) is 3. The summed E-state index contributed by atoms with van der Waals surface area (Å²) in [5, 5.41) is 9.55.